The molecule has 1 unspecified atom stereocenters. The molecule has 1 atom stereocenters. The van der Waals surface area contributed by atoms with Gasteiger partial charge in [0.2, 0.25) is 0 Å². The summed E-state index contributed by atoms with van der Waals surface area (Å²) < 4.78 is 40.9. The Hall–Kier alpha value is -2.08. The lowest BCUT2D eigenvalue weighted by molar-refractivity contribution is -0.149. The molecule has 0 aromatic carbocycles. The Balaban J connectivity index is 5.12. The zero-order chi connectivity index (χ0) is 55.7. The molecule has 0 heterocycles. The van der Waals surface area contributed by atoms with Gasteiger partial charge in [0.05, 0.1) is 52.9 Å². The van der Waals surface area contributed by atoms with Gasteiger partial charge < -0.3 is 38.1 Å². The first kappa shape index (κ1) is 74.9. The van der Waals surface area contributed by atoms with Crippen LogP contribution in [0.4, 0.5) is 0 Å². The molecule has 0 aliphatic heterocycles. The van der Waals surface area contributed by atoms with Crippen LogP contribution in [-0.4, -0.2) is 115 Å². The first-order valence-electron chi connectivity index (χ1n) is 33.0. The van der Waals surface area contributed by atoms with Crippen LogP contribution in [0, 0.1) is 0 Å². The second-order valence-corrected chi connectivity index (χ2v) is 21.6. The number of amides is 1. The summed E-state index contributed by atoms with van der Waals surface area (Å²) in [5.41, 5.74) is 0. The number of carbonyl (C=O) groups excluding carboxylic acids is 2. The summed E-state index contributed by atoms with van der Waals surface area (Å²) in [6.45, 7) is 16.2. The average Bonchev–Trinajstić information content (AvgIpc) is 3.43. The van der Waals surface area contributed by atoms with Crippen LogP contribution < -0.4 is 0 Å². The van der Waals surface area contributed by atoms with E-state index < -0.39 is 6.10 Å². The Morgan fingerprint density at radius 2 is 0.714 bits per heavy atom. The third-order valence-electron chi connectivity index (χ3n) is 14.1. The molecule has 0 aliphatic rings. The molecule has 0 bridgehead atoms. The number of ether oxygens (including phenoxy) is 7. The quantitative estimate of drug-likeness (QED) is 0.0335. The van der Waals surface area contributed by atoms with Crippen molar-refractivity contribution in [1.29, 1.82) is 0 Å². The Kier molecular flexibility index (Phi) is 64.6. The lowest BCUT2D eigenvalue weighted by Gasteiger charge is -2.28. The maximum absolute atomic E-state index is 14.4. The van der Waals surface area contributed by atoms with Crippen LogP contribution in [0.1, 0.15) is 285 Å². The zero-order valence-corrected chi connectivity index (χ0v) is 51.3. The Morgan fingerprint density at radius 3 is 1.19 bits per heavy atom. The molecule has 1 amide bonds. The number of hydrogen-bond acceptors (Lipinski definition) is 9. The number of rotatable bonds is 65. The molecule has 454 valence electrons. The van der Waals surface area contributed by atoms with Gasteiger partial charge in [-0.2, -0.15) is 0 Å². The van der Waals surface area contributed by atoms with E-state index in [1.165, 1.54) is 180 Å². The number of allylic oxidation sites excluding steroid dienone is 5. The second-order valence-electron chi connectivity index (χ2n) is 21.6. The fourth-order valence-corrected chi connectivity index (χ4v) is 9.21. The largest absolute Gasteiger partial charge is 0.461 e. The molecular weight excluding hydrogens is 963 g/mol. The van der Waals surface area contributed by atoms with Gasteiger partial charge in [0.1, 0.15) is 6.61 Å². The summed E-state index contributed by atoms with van der Waals surface area (Å²) in [6, 6.07) is 0. The van der Waals surface area contributed by atoms with Crippen LogP contribution in [0.2, 0.25) is 0 Å². The van der Waals surface area contributed by atoms with Crippen LogP contribution in [0.5, 0.6) is 0 Å². The molecular formula is C67H127NO9. The van der Waals surface area contributed by atoms with E-state index in [4.69, 9.17) is 33.2 Å². The van der Waals surface area contributed by atoms with Crippen LogP contribution in [-0.2, 0) is 42.7 Å². The zero-order valence-electron chi connectivity index (χ0n) is 51.3. The van der Waals surface area contributed by atoms with Crippen LogP contribution >= 0.6 is 0 Å². The molecule has 0 aliphatic carbocycles. The maximum atomic E-state index is 14.4. The van der Waals surface area contributed by atoms with Gasteiger partial charge in [-0.05, 0) is 96.3 Å². The average molecular weight is 1090 g/mol. The van der Waals surface area contributed by atoms with E-state index in [0.29, 0.717) is 85.6 Å². The molecule has 0 rings (SSSR count). The van der Waals surface area contributed by atoms with Crippen molar-refractivity contribution in [2.24, 2.45) is 0 Å². The van der Waals surface area contributed by atoms with Gasteiger partial charge in [-0.3, -0.25) is 9.59 Å². The lowest BCUT2D eigenvalue weighted by Crippen LogP contribution is -2.45. The SMILES string of the molecule is CCCCCC/C=C\COC(=O)CCCCCCCN(CCOCCOCCOCCOCCC)C(=O)C(COCCCCCCCC/C=C\CCCCCCCC)OCCCCCCCC/C=C\CCCCCCCC. The van der Waals surface area contributed by atoms with Crippen molar-refractivity contribution in [1.82, 2.24) is 4.90 Å². The predicted octanol–water partition coefficient (Wildman–Crippen LogP) is 18.2. The normalized spacial score (nSPS) is 12.3. The summed E-state index contributed by atoms with van der Waals surface area (Å²) in [5.74, 6) is -0.129. The van der Waals surface area contributed by atoms with E-state index in [1.807, 2.05) is 11.0 Å². The van der Waals surface area contributed by atoms with Gasteiger partial charge in [-0.1, -0.05) is 218 Å². The second kappa shape index (κ2) is 66.4. The van der Waals surface area contributed by atoms with E-state index >= 15 is 0 Å². The molecule has 0 aromatic heterocycles. The molecule has 10 nitrogen and oxygen atoms in total. The Morgan fingerprint density at radius 1 is 0.338 bits per heavy atom. The Bertz CT molecular complexity index is 1260. The lowest BCUT2D eigenvalue weighted by atomic mass is 10.1. The molecule has 0 saturated heterocycles. The number of hydrogen-bond donors (Lipinski definition) is 0. The van der Waals surface area contributed by atoms with E-state index in [2.05, 4.69) is 58.1 Å². The van der Waals surface area contributed by atoms with Gasteiger partial charge >= 0.3 is 5.97 Å². The fraction of sp³-hybridized carbons (Fsp3) is 0.881. The number of unbranched alkanes of at least 4 members (excludes halogenated alkanes) is 32. The highest BCUT2D eigenvalue weighted by Crippen LogP contribution is 2.15. The molecule has 0 radical (unpaired) electrons. The third kappa shape index (κ3) is 59.9. The minimum Gasteiger partial charge on any atom is -0.461 e. The van der Waals surface area contributed by atoms with E-state index in [-0.39, 0.29) is 18.5 Å². The van der Waals surface area contributed by atoms with Gasteiger partial charge in [-0.15, -0.1) is 0 Å². The summed E-state index contributed by atoms with van der Waals surface area (Å²) in [7, 11) is 0. The minimum absolute atomic E-state index is 0.00626. The van der Waals surface area contributed by atoms with Crippen molar-refractivity contribution in [3.8, 4) is 0 Å². The molecule has 0 fully saturated rings. The highest BCUT2D eigenvalue weighted by Gasteiger charge is 2.25. The first-order valence-corrected chi connectivity index (χ1v) is 33.0. The van der Waals surface area contributed by atoms with Crippen molar-refractivity contribution in [2.45, 2.75) is 291 Å². The van der Waals surface area contributed by atoms with Crippen molar-refractivity contribution in [2.75, 3.05) is 92.4 Å². The molecule has 0 spiro atoms. The molecule has 0 saturated carbocycles. The summed E-state index contributed by atoms with van der Waals surface area (Å²) in [5, 5.41) is 0. The first-order chi connectivity index (χ1) is 38.1. The van der Waals surface area contributed by atoms with Crippen molar-refractivity contribution in [3.05, 3.63) is 36.5 Å². The fourth-order valence-electron chi connectivity index (χ4n) is 9.21. The monoisotopic (exact) mass is 1090 g/mol. The summed E-state index contributed by atoms with van der Waals surface area (Å²) in [6.07, 6.45) is 60.6. The number of carbonyl (C=O) groups is 2. The molecule has 0 aromatic rings. The van der Waals surface area contributed by atoms with Gasteiger partial charge in [0, 0.05) is 39.3 Å². The van der Waals surface area contributed by atoms with Crippen LogP contribution in [0.25, 0.3) is 0 Å². The molecule has 10 heteroatoms. The highest BCUT2D eigenvalue weighted by atomic mass is 16.6. The van der Waals surface area contributed by atoms with E-state index in [0.717, 1.165) is 77.2 Å². The van der Waals surface area contributed by atoms with Crippen molar-refractivity contribution >= 4 is 11.9 Å². The van der Waals surface area contributed by atoms with Crippen molar-refractivity contribution in [3.63, 3.8) is 0 Å². The summed E-state index contributed by atoms with van der Waals surface area (Å²) in [4.78, 5) is 28.6. The standard InChI is InChI=1S/C67H127NO9/c1-5-9-12-15-18-20-22-24-26-28-30-32-34-37-42-47-54-75-64-65(76-55-48-43-38-35-33-31-29-27-25-23-21-19-16-13-10-6-2)67(70)68(52-57-72-59-61-74-63-62-73-60-58-71-53-8-4)51-46-41-39-40-45-50-66(69)77-56-49-44-36-17-14-11-7-3/h24-27,44,49,65H,5-23,28-43,45-48,50-64H2,1-4H3/b26-24-,27-25-,49-44-. The third-order valence-corrected chi connectivity index (χ3v) is 14.1. The number of esters is 1. The molecule has 0 N–H and O–H groups in total. The summed E-state index contributed by atoms with van der Waals surface area (Å²) >= 11 is 0. The van der Waals surface area contributed by atoms with Gasteiger partial charge in [-0.25, -0.2) is 0 Å². The van der Waals surface area contributed by atoms with E-state index in [1.54, 1.807) is 0 Å². The van der Waals surface area contributed by atoms with Crippen LogP contribution in [0.3, 0.4) is 0 Å². The van der Waals surface area contributed by atoms with Gasteiger partial charge in [0.25, 0.3) is 5.91 Å². The smallest absolute Gasteiger partial charge is 0.306 e. The number of nitrogens with zero attached hydrogens (tertiary/aromatic N) is 1. The molecule has 77 heavy (non-hydrogen) atoms. The topological polar surface area (TPSA) is 102 Å². The van der Waals surface area contributed by atoms with E-state index in [9.17, 15) is 9.59 Å². The van der Waals surface area contributed by atoms with Gasteiger partial charge in [0.15, 0.2) is 6.10 Å². The predicted molar refractivity (Wildman–Crippen MR) is 326 cm³/mol. The maximum Gasteiger partial charge on any atom is 0.306 e. The van der Waals surface area contributed by atoms with Crippen molar-refractivity contribution < 1.29 is 42.7 Å². The Labute approximate surface area is 477 Å². The highest BCUT2D eigenvalue weighted by molar-refractivity contribution is 5.81. The van der Waals surface area contributed by atoms with Crippen LogP contribution in [0.15, 0.2) is 36.5 Å². The minimum atomic E-state index is -0.634.